The van der Waals surface area contributed by atoms with E-state index >= 15 is 0 Å². The Morgan fingerprint density at radius 2 is 1.55 bits per heavy atom. The standard InChI is InChI=1S/C13H20N2O.C5H5N/c1-2-16-15-10-8-14(9-11-15)12-13-6-4-3-5-7-13;1-2-4-6-5-3-1/h3-7H,2,8-12H2,1H3;1-5H. The van der Waals surface area contributed by atoms with Gasteiger partial charge in [0.05, 0.1) is 6.61 Å². The van der Waals surface area contributed by atoms with Gasteiger partial charge >= 0.3 is 0 Å². The van der Waals surface area contributed by atoms with Crippen molar-refractivity contribution >= 4 is 0 Å². The Labute approximate surface area is 133 Å². The van der Waals surface area contributed by atoms with E-state index in [0.717, 1.165) is 39.3 Å². The van der Waals surface area contributed by atoms with E-state index in [1.165, 1.54) is 5.56 Å². The molecular formula is C18H25N3O. The summed E-state index contributed by atoms with van der Waals surface area (Å²) < 4.78 is 0. The Balaban J connectivity index is 0.000000246. The van der Waals surface area contributed by atoms with E-state index in [9.17, 15) is 0 Å². The maximum absolute atomic E-state index is 5.49. The lowest BCUT2D eigenvalue weighted by Crippen LogP contribution is -2.45. The topological polar surface area (TPSA) is 28.6 Å². The predicted octanol–water partition coefficient (Wildman–Crippen LogP) is 2.84. The highest BCUT2D eigenvalue weighted by Gasteiger charge is 2.16. The highest BCUT2D eigenvalue weighted by atomic mass is 16.7. The lowest BCUT2D eigenvalue weighted by atomic mass is 10.2. The second-order valence-electron chi connectivity index (χ2n) is 5.13. The average Bonchev–Trinajstić information content (AvgIpc) is 2.60. The van der Waals surface area contributed by atoms with Gasteiger partial charge in [-0.25, -0.2) is 0 Å². The van der Waals surface area contributed by atoms with Crippen LogP contribution in [0.3, 0.4) is 0 Å². The summed E-state index contributed by atoms with van der Waals surface area (Å²) in [6.07, 6.45) is 3.50. The van der Waals surface area contributed by atoms with E-state index in [0.29, 0.717) is 0 Å². The lowest BCUT2D eigenvalue weighted by molar-refractivity contribution is -0.173. The molecule has 0 saturated carbocycles. The summed E-state index contributed by atoms with van der Waals surface area (Å²) in [5.41, 5.74) is 1.40. The minimum absolute atomic E-state index is 0.776. The van der Waals surface area contributed by atoms with Gasteiger partial charge in [0.15, 0.2) is 0 Å². The zero-order valence-corrected chi connectivity index (χ0v) is 13.3. The number of pyridine rings is 1. The summed E-state index contributed by atoms with van der Waals surface area (Å²) in [5.74, 6) is 0. The zero-order chi connectivity index (χ0) is 15.5. The molecule has 1 aromatic heterocycles. The largest absolute Gasteiger partial charge is 0.299 e. The third kappa shape index (κ3) is 6.35. The van der Waals surface area contributed by atoms with E-state index in [-0.39, 0.29) is 0 Å². The van der Waals surface area contributed by atoms with E-state index in [1.54, 1.807) is 12.4 Å². The molecule has 0 atom stereocenters. The van der Waals surface area contributed by atoms with Crippen LogP contribution in [0.4, 0.5) is 0 Å². The summed E-state index contributed by atoms with van der Waals surface area (Å²) in [5, 5.41) is 2.07. The molecule has 4 heteroatoms. The minimum Gasteiger partial charge on any atom is -0.299 e. The lowest BCUT2D eigenvalue weighted by Gasteiger charge is -2.33. The molecule has 2 heterocycles. The fourth-order valence-corrected chi connectivity index (χ4v) is 2.35. The molecule has 0 bridgehead atoms. The van der Waals surface area contributed by atoms with Crippen molar-refractivity contribution in [3.8, 4) is 0 Å². The Morgan fingerprint density at radius 1 is 0.909 bits per heavy atom. The number of benzene rings is 1. The monoisotopic (exact) mass is 299 g/mol. The molecule has 2 aromatic rings. The molecule has 118 valence electrons. The van der Waals surface area contributed by atoms with Crippen molar-refractivity contribution in [2.24, 2.45) is 0 Å². The van der Waals surface area contributed by atoms with Gasteiger partial charge in [0.25, 0.3) is 0 Å². The van der Waals surface area contributed by atoms with Crippen molar-refractivity contribution in [2.45, 2.75) is 13.5 Å². The van der Waals surface area contributed by atoms with Crippen LogP contribution in [0.15, 0.2) is 60.9 Å². The van der Waals surface area contributed by atoms with Crippen molar-refractivity contribution in [2.75, 3.05) is 32.8 Å². The molecule has 0 N–H and O–H groups in total. The van der Waals surface area contributed by atoms with Gasteiger partial charge in [-0.2, -0.15) is 5.06 Å². The maximum atomic E-state index is 5.49. The Hall–Kier alpha value is -1.75. The smallest absolute Gasteiger partial charge is 0.0656 e. The summed E-state index contributed by atoms with van der Waals surface area (Å²) >= 11 is 0. The summed E-state index contributed by atoms with van der Waals surface area (Å²) in [6, 6.07) is 16.4. The summed E-state index contributed by atoms with van der Waals surface area (Å²) in [4.78, 5) is 11.7. The van der Waals surface area contributed by atoms with E-state index in [1.807, 2.05) is 25.1 Å². The van der Waals surface area contributed by atoms with Crippen LogP contribution in [-0.2, 0) is 11.4 Å². The molecule has 1 aliphatic heterocycles. The molecule has 4 nitrogen and oxygen atoms in total. The minimum atomic E-state index is 0.776. The van der Waals surface area contributed by atoms with Crippen LogP contribution in [0, 0.1) is 0 Å². The number of aromatic nitrogens is 1. The first kappa shape index (κ1) is 16.6. The molecule has 0 radical (unpaired) electrons. The molecule has 1 fully saturated rings. The van der Waals surface area contributed by atoms with Crippen molar-refractivity contribution in [3.05, 3.63) is 66.5 Å². The fraction of sp³-hybridized carbons (Fsp3) is 0.389. The highest BCUT2D eigenvalue weighted by Crippen LogP contribution is 2.08. The third-order valence-corrected chi connectivity index (χ3v) is 3.46. The number of hydrogen-bond donors (Lipinski definition) is 0. The molecule has 22 heavy (non-hydrogen) atoms. The number of hydroxylamine groups is 2. The molecule has 0 unspecified atom stereocenters. The van der Waals surface area contributed by atoms with Gasteiger partial charge in [0.2, 0.25) is 0 Å². The number of nitrogens with zero attached hydrogens (tertiary/aromatic N) is 3. The summed E-state index contributed by atoms with van der Waals surface area (Å²) in [7, 11) is 0. The molecule has 3 rings (SSSR count). The first-order valence-electron chi connectivity index (χ1n) is 7.87. The SMILES string of the molecule is CCON1CCN(Cc2ccccc2)CC1.c1ccncc1. The Morgan fingerprint density at radius 3 is 2.05 bits per heavy atom. The van der Waals surface area contributed by atoms with E-state index in [2.05, 4.69) is 45.3 Å². The van der Waals surface area contributed by atoms with E-state index < -0.39 is 0 Å². The Bertz CT molecular complexity index is 457. The molecule has 0 spiro atoms. The molecule has 0 aliphatic carbocycles. The van der Waals surface area contributed by atoms with Crippen molar-refractivity contribution in [1.82, 2.24) is 14.9 Å². The first-order valence-corrected chi connectivity index (χ1v) is 7.87. The number of rotatable bonds is 4. The van der Waals surface area contributed by atoms with Gasteiger partial charge in [0, 0.05) is 45.1 Å². The first-order chi connectivity index (χ1) is 10.9. The average molecular weight is 299 g/mol. The van der Waals surface area contributed by atoms with E-state index in [4.69, 9.17) is 4.84 Å². The second kappa shape index (κ2) is 10.1. The van der Waals surface area contributed by atoms with Crippen molar-refractivity contribution in [1.29, 1.82) is 0 Å². The Kier molecular flexibility index (Phi) is 7.60. The molecule has 1 saturated heterocycles. The highest BCUT2D eigenvalue weighted by molar-refractivity contribution is 5.14. The van der Waals surface area contributed by atoms with Gasteiger partial charge in [-0.3, -0.25) is 14.7 Å². The quantitative estimate of drug-likeness (QED) is 0.868. The normalized spacial score (nSPS) is 15.9. The van der Waals surface area contributed by atoms with Gasteiger partial charge in [0.1, 0.15) is 0 Å². The fourth-order valence-electron chi connectivity index (χ4n) is 2.35. The van der Waals surface area contributed by atoms with Gasteiger partial charge in [-0.15, -0.1) is 0 Å². The van der Waals surface area contributed by atoms with Crippen LogP contribution < -0.4 is 0 Å². The van der Waals surface area contributed by atoms with Crippen LogP contribution in [0.2, 0.25) is 0 Å². The van der Waals surface area contributed by atoms with Crippen LogP contribution in [0.1, 0.15) is 12.5 Å². The van der Waals surface area contributed by atoms with Crippen LogP contribution in [0.5, 0.6) is 0 Å². The second-order valence-corrected chi connectivity index (χ2v) is 5.13. The van der Waals surface area contributed by atoms with Gasteiger partial charge in [-0.1, -0.05) is 36.4 Å². The molecule has 1 aliphatic rings. The van der Waals surface area contributed by atoms with Crippen molar-refractivity contribution in [3.63, 3.8) is 0 Å². The van der Waals surface area contributed by atoms with Crippen molar-refractivity contribution < 1.29 is 4.84 Å². The van der Waals surface area contributed by atoms with Gasteiger partial charge in [-0.05, 0) is 24.6 Å². The van der Waals surface area contributed by atoms with Crippen LogP contribution in [-0.4, -0.2) is 47.7 Å². The van der Waals surface area contributed by atoms with Crippen LogP contribution in [0.25, 0.3) is 0 Å². The molecule has 0 amide bonds. The third-order valence-electron chi connectivity index (χ3n) is 3.46. The number of piperazine rings is 1. The van der Waals surface area contributed by atoms with Crippen LogP contribution >= 0.6 is 0 Å². The zero-order valence-electron chi connectivity index (χ0n) is 13.3. The van der Waals surface area contributed by atoms with Gasteiger partial charge < -0.3 is 0 Å². The maximum Gasteiger partial charge on any atom is 0.0656 e. The predicted molar refractivity (Wildman–Crippen MR) is 89.2 cm³/mol. The molecule has 1 aromatic carbocycles. The molecular weight excluding hydrogens is 274 g/mol. The summed E-state index contributed by atoms with van der Waals surface area (Å²) in [6.45, 7) is 8.08. The number of hydrogen-bond acceptors (Lipinski definition) is 4.